The number of aliphatic hydroxyl groups is 3. The fourth-order valence-corrected chi connectivity index (χ4v) is 13.5. The predicted molar refractivity (Wildman–Crippen MR) is 345 cm³/mol. The van der Waals surface area contributed by atoms with Crippen molar-refractivity contribution in [3.8, 4) is 22.5 Å². The second-order valence-electron chi connectivity index (χ2n) is 21.1. The van der Waals surface area contributed by atoms with Gasteiger partial charge < -0.3 is 84.8 Å². The molecule has 3 aromatic carbocycles. The number of aromatic nitrogens is 3. The maximum absolute atomic E-state index is 14.2. The van der Waals surface area contributed by atoms with E-state index in [2.05, 4.69) is 36.0 Å². The van der Waals surface area contributed by atoms with E-state index in [0.29, 0.717) is 53.4 Å². The number of carbonyl (C=O) groups excluding carboxylic acids is 6. The molecule has 2 aliphatic rings. The van der Waals surface area contributed by atoms with Crippen molar-refractivity contribution in [3.63, 3.8) is 0 Å². The first kappa shape index (κ1) is 72.8. The number of nitrogens with one attached hydrogen (secondary N) is 3. The number of amides is 5. The molecule has 0 spiro atoms. The van der Waals surface area contributed by atoms with Gasteiger partial charge in [0.05, 0.1) is 86.3 Å². The van der Waals surface area contributed by atoms with Crippen LogP contribution in [0.3, 0.4) is 0 Å². The van der Waals surface area contributed by atoms with Gasteiger partial charge in [0.2, 0.25) is 17.7 Å². The van der Waals surface area contributed by atoms with Crippen LogP contribution >= 0.6 is 45.6 Å². The highest BCUT2D eigenvalue weighted by Crippen LogP contribution is 2.43. The summed E-state index contributed by atoms with van der Waals surface area (Å²) in [5.74, 6) is -0.482. The summed E-state index contributed by atoms with van der Waals surface area (Å²) >= 11 is 7.05. The molecule has 1 fully saturated rings. The van der Waals surface area contributed by atoms with E-state index in [4.69, 9.17) is 51.1 Å². The molecule has 7 unspecified atom stereocenters. The smallest absolute Gasteiger partial charge is 0.407 e. The van der Waals surface area contributed by atoms with E-state index in [1.54, 1.807) is 29.8 Å². The Hall–Kier alpha value is -6.29. The third-order valence-corrected chi connectivity index (χ3v) is 18.1. The van der Waals surface area contributed by atoms with Crippen molar-refractivity contribution in [2.45, 2.75) is 94.9 Å². The molecule has 0 bridgehead atoms. The normalized spacial score (nSPS) is 18.3. The van der Waals surface area contributed by atoms with Crippen molar-refractivity contribution in [2.75, 3.05) is 109 Å². The van der Waals surface area contributed by atoms with Crippen LogP contribution in [-0.2, 0) is 70.2 Å². The molecule has 26 nitrogen and oxygen atoms in total. The summed E-state index contributed by atoms with van der Waals surface area (Å²) in [6.07, 6.45) is -4.61. The lowest BCUT2D eigenvalue weighted by atomic mass is 9.78. The van der Waals surface area contributed by atoms with Crippen LogP contribution in [0.4, 0.5) is 15.3 Å². The number of thioether (sulfide) groups is 1. The number of nitrogens with zero attached hydrogens (tertiary/aromatic N) is 5. The number of hydrogen-bond acceptors (Lipinski definition) is 24. The van der Waals surface area contributed by atoms with Gasteiger partial charge in [0.1, 0.15) is 49.9 Å². The Bertz CT molecular complexity index is 3010. The van der Waals surface area contributed by atoms with E-state index in [-0.39, 0.29) is 103 Å². The Morgan fingerprint density at radius 1 is 0.800 bits per heavy atom. The van der Waals surface area contributed by atoms with Crippen LogP contribution in [0.5, 0.6) is 0 Å². The van der Waals surface area contributed by atoms with Gasteiger partial charge in [0, 0.05) is 74.2 Å². The minimum absolute atomic E-state index is 0.0137. The summed E-state index contributed by atoms with van der Waals surface area (Å²) in [5, 5.41) is 48.0. The fourth-order valence-electron chi connectivity index (χ4n) is 9.90. The number of para-hydroxylation sites is 1. The number of rotatable bonds is 37. The van der Waals surface area contributed by atoms with Crippen molar-refractivity contribution in [1.29, 1.82) is 0 Å². The largest absolute Gasteiger partial charge is 0.463 e. The monoisotopic (exact) mass is 1330 g/mol. The van der Waals surface area contributed by atoms with Crippen LogP contribution in [-0.4, -0.2) is 216 Å². The van der Waals surface area contributed by atoms with Crippen LogP contribution in [0.1, 0.15) is 57.6 Å². The zero-order chi connectivity index (χ0) is 64.9. The molecule has 8 N–H and O–H groups in total. The lowest BCUT2D eigenvalue weighted by Gasteiger charge is -2.42. The number of benzene rings is 3. The summed E-state index contributed by atoms with van der Waals surface area (Å²) in [6.45, 7) is 6.80. The third kappa shape index (κ3) is 22.8. The van der Waals surface area contributed by atoms with Gasteiger partial charge in [-0.15, -0.1) is 5.10 Å². The first-order chi connectivity index (χ1) is 43.4. The number of hydrogen-bond donors (Lipinski definition) is 7. The molecule has 6 rings (SSSR count). The van der Waals surface area contributed by atoms with Gasteiger partial charge in [-0.05, 0) is 37.0 Å². The second kappa shape index (κ2) is 37.9. The quantitative estimate of drug-likeness (QED) is 0.00818. The number of carbonyl (C=O) groups is 6. The molecule has 4 aromatic rings. The first-order valence-electron chi connectivity index (χ1n) is 29.3. The SMILES string of the molecule is C/N=C/C(C)(CCC(=O)OCCOCCOCCOCCn1nnc2c1-c1ccccc1CN(C(=O)CCNC(=O)OCCSSCCOC(N)=O)c1ccccc1-2)CC(C)(SC(=S)c1ccccc1)C(=O)NCCOC1OC(CO)C(O)C(O)C1NC(C)=O. The van der Waals surface area contributed by atoms with E-state index in [0.717, 1.165) is 27.9 Å². The minimum atomic E-state index is -1.50. The Labute approximate surface area is 540 Å². The summed E-state index contributed by atoms with van der Waals surface area (Å²) in [4.78, 5) is 82.2. The molecule has 1 saturated heterocycles. The lowest BCUT2D eigenvalue weighted by Crippen LogP contribution is -2.64. The molecule has 5 amide bonds. The molecule has 3 heterocycles. The molecule has 30 heteroatoms. The number of aliphatic hydroxyl groups excluding tert-OH is 3. The third-order valence-electron chi connectivity index (χ3n) is 14.1. The molecule has 492 valence electrons. The number of alkyl carbamates (subject to hydrolysis) is 1. The number of anilines is 1. The molecule has 90 heavy (non-hydrogen) atoms. The maximum atomic E-state index is 14.2. The molecule has 2 aliphatic heterocycles. The van der Waals surface area contributed by atoms with E-state index < -0.39 is 71.5 Å². The number of nitrogens with two attached hydrogens (primary N) is 1. The lowest BCUT2D eigenvalue weighted by molar-refractivity contribution is -0.269. The van der Waals surface area contributed by atoms with Crippen molar-refractivity contribution in [2.24, 2.45) is 16.1 Å². The van der Waals surface area contributed by atoms with Crippen molar-refractivity contribution < 1.29 is 82.0 Å². The van der Waals surface area contributed by atoms with Crippen molar-refractivity contribution in [3.05, 3.63) is 90.0 Å². The Kier molecular flexibility index (Phi) is 30.6. The van der Waals surface area contributed by atoms with E-state index in [9.17, 15) is 44.1 Å². The van der Waals surface area contributed by atoms with Crippen LogP contribution in [0.2, 0.25) is 0 Å². The second-order valence-corrected chi connectivity index (χ2v) is 26.0. The number of primary amides is 1. The summed E-state index contributed by atoms with van der Waals surface area (Å²) in [5.41, 5.74) is 9.44. The summed E-state index contributed by atoms with van der Waals surface area (Å²) < 4.78 is 45.3. The minimum Gasteiger partial charge on any atom is -0.463 e. The van der Waals surface area contributed by atoms with E-state index in [1.165, 1.54) is 40.3 Å². The number of thiocarbonyl (C=S) groups is 1. The van der Waals surface area contributed by atoms with Gasteiger partial charge in [-0.25, -0.2) is 14.3 Å². The molecule has 0 radical (unpaired) electrons. The predicted octanol–water partition coefficient (Wildman–Crippen LogP) is 4.47. The first-order valence-corrected chi connectivity index (χ1v) is 33.0. The summed E-state index contributed by atoms with van der Waals surface area (Å²) in [7, 11) is 4.54. The van der Waals surface area contributed by atoms with E-state index >= 15 is 0 Å². The topological polar surface area (TPSA) is 345 Å². The van der Waals surface area contributed by atoms with Crippen LogP contribution in [0.15, 0.2) is 83.9 Å². The molecule has 0 aliphatic carbocycles. The van der Waals surface area contributed by atoms with Gasteiger partial charge in [0.15, 0.2) is 6.29 Å². The standard InChI is InChI=1S/C60H81N9O17S4/c1-40(71)65-50-53(75)52(74)46(37-70)86-54(50)83-24-22-63-56(76)60(3,90-55(87)41-12-6-5-7-13-41)38-59(2,39-62-4)20-18-48(73)82-31-30-81-29-28-80-27-26-79-25-23-69-51-43-15-9-8-14-42(43)36-68(45-17-11-10-16-44(45)49(51)66-67-69)47(72)19-21-64-58(78)85-33-35-89-88-34-32-84-57(61)77/h5-17,39,46,50,52-54,70,74-75H,18-38H2,1-4H3,(H2,61,77)(H,63,76)(H,64,78)(H,65,71)/b62-39+. The van der Waals surface area contributed by atoms with Crippen molar-refractivity contribution in [1.82, 2.24) is 30.9 Å². The number of ether oxygens (including phenoxy) is 8. The number of esters is 1. The van der Waals surface area contributed by atoms with Crippen molar-refractivity contribution >= 4 is 97.5 Å². The van der Waals surface area contributed by atoms with Gasteiger partial charge >= 0.3 is 18.2 Å². The molecular weight excluding hydrogens is 1250 g/mol. The highest BCUT2D eigenvalue weighted by atomic mass is 33.1. The fraction of sp³-hybridized carbons (Fsp3) is 0.533. The zero-order valence-corrected chi connectivity index (χ0v) is 54.1. The molecule has 7 atom stereocenters. The van der Waals surface area contributed by atoms with Crippen LogP contribution in [0.25, 0.3) is 22.5 Å². The average molecular weight is 1330 g/mol. The highest BCUT2D eigenvalue weighted by molar-refractivity contribution is 8.76. The Morgan fingerprint density at radius 3 is 2.14 bits per heavy atom. The maximum Gasteiger partial charge on any atom is 0.407 e. The molecular formula is C60H81N9O17S4. The van der Waals surface area contributed by atoms with Crippen LogP contribution in [0, 0.1) is 5.41 Å². The van der Waals surface area contributed by atoms with Gasteiger partial charge in [0.25, 0.3) is 0 Å². The number of aliphatic imine (C=N–C) groups is 1. The molecule has 1 aromatic heterocycles. The van der Waals surface area contributed by atoms with Gasteiger partial charge in [-0.2, -0.15) is 0 Å². The van der Waals surface area contributed by atoms with Gasteiger partial charge in [-0.3, -0.25) is 19.2 Å². The average Bonchev–Trinajstić information content (AvgIpc) is 1.50. The van der Waals surface area contributed by atoms with E-state index in [1.807, 2.05) is 85.8 Å². The van der Waals surface area contributed by atoms with Crippen LogP contribution < -0.4 is 26.6 Å². The number of fused-ring (bicyclic) bond motifs is 5. The Morgan fingerprint density at radius 2 is 1.46 bits per heavy atom. The highest BCUT2D eigenvalue weighted by Gasteiger charge is 2.46. The zero-order valence-electron chi connectivity index (χ0n) is 50.8. The Balaban J connectivity index is 0.898. The van der Waals surface area contributed by atoms with Gasteiger partial charge in [-0.1, -0.05) is 131 Å². The molecule has 0 saturated carbocycles. The summed E-state index contributed by atoms with van der Waals surface area (Å²) in [6, 6.07) is 23.4.